The van der Waals surface area contributed by atoms with Gasteiger partial charge >= 0.3 is 6.09 Å². The van der Waals surface area contributed by atoms with E-state index in [1.165, 1.54) is 17.0 Å². The van der Waals surface area contributed by atoms with E-state index < -0.39 is 21.7 Å². The van der Waals surface area contributed by atoms with Crippen molar-refractivity contribution in [3.8, 4) is 0 Å². The van der Waals surface area contributed by atoms with Gasteiger partial charge in [0.25, 0.3) is 0 Å². The first-order chi connectivity index (χ1) is 11.0. The van der Waals surface area contributed by atoms with Gasteiger partial charge in [-0.2, -0.15) is 0 Å². The summed E-state index contributed by atoms with van der Waals surface area (Å²) in [5, 5.41) is 9.37. The zero-order valence-corrected chi connectivity index (χ0v) is 15.0. The molecule has 0 aromatic heterocycles. The van der Waals surface area contributed by atoms with Crippen LogP contribution in [0.15, 0.2) is 29.2 Å². The molecule has 1 amide bonds. The Morgan fingerprint density at radius 3 is 2.38 bits per heavy atom. The van der Waals surface area contributed by atoms with E-state index in [4.69, 9.17) is 0 Å². The summed E-state index contributed by atoms with van der Waals surface area (Å²) in [4.78, 5) is 13.0. The summed E-state index contributed by atoms with van der Waals surface area (Å²) in [6, 6.07) is 4.60. The standard InChI is InChI=1S/C17H24FNO4S/c1-17(2,3)15-10-12(8-9-19(15)16(20)21)11-24(22,23)14-6-4-13(18)5-7-14/h4-7,12,15H,8-11H2,1-3H3,(H,20,21). The van der Waals surface area contributed by atoms with Crippen LogP contribution in [0.1, 0.15) is 33.6 Å². The maximum atomic E-state index is 13.0. The van der Waals surface area contributed by atoms with Crippen LogP contribution in [0.5, 0.6) is 0 Å². The fraction of sp³-hybridized carbons (Fsp3) is 0.588. The number of hydrogen-bond donors (Lipinski definition) is 1. The number of hydrogen-bond acceptors (Lipinski definition) is 3. The number of carboxylic acid groups (broad SMARTS) is 1. The van der Waals surface area contributed by atoms with Gasteiger partial charge in [0.1, 0.15) is 5.82 Å². The molecule has 1 heterocycles. The van der Waals surface area contributed by atoms with Crippen molar-refractivity contribution in [1.29, 1.82) is 0 Å². The van der Waals surface area contributed by atoms with E-state index in [0.29, 0.717) is 19.4 Å². The fourth-order valence-corrected chi connectivity index (χ4v) is 4.95. The number of sulfone groups is 1. The lowest BCUT2D eigenvalue weighted by Crippen LogP contribution is -2.52. The van der Waals surface area contributed by atoms with Gasteiger partial charge in [-0.1, -0.05) is 20.8 Å². The van der Waals surface area contributed by atoms with E-state index in [2.05, 4.69) is 0 Å². The Hall–Kier alpha value is -1.63. The number of piperidine rings is 1. The number of amides is 1. The zero-order chi connectivity index (χ0) is 18.1. The van der Waals surface area contributed by atoms with Crippen molar-refractivity contribution < 1.29 is 22.7 Å². The molecule has 1 aromatic rings. The van der Waals surface area contributed by atoms with E-state index in [-0.39, 0.29) is 28.0 Å². The fourth-order valence-electron chi connectivity index (χ4n) is 3.29. The lowest BCUT2D eigenvalue weighted by molar-refractivity contribution is 0.0444. The molecule has 0 radical (unpaired) electrons. The van der Waals surface area contributed by atoms with Crippen molar-refractivity contribution in [2.45, 2.75) is 44.6 Å². The summed E-state index contributed by atoms with van der Waals surface area (Å²) in [6.07, 6.45) is 0.0602. The molecule has 1 aliphatic heterocycles. The van der Waals surface area contributed by atoms with Gasteiger partial charge in [0.15, 0.2) is 9.84 Å². The van der Waals surface area contributed by atoms with Crippen molar-refractivity contribution in [3.63, 3.8) is 0 Å². The Bertz CT molecular complexity index is 694. The van der Waals surface area contributed by atoms with Crippen LogP contribution in [0.25, 0.3) is 0 Å². The van der Waals surface area contributed by atoms with Crippen molar-refractivity contribution in [2.75, 3.05) is 12.3 Å². The molecule has 1 aliphatic rings. The third kappa shape index (κ3) is 4.26. The maximum absolute atomic E-state index is 13.0. The van der Waals surface area contributed by atoms with Crippen LogP contribution in [-0.4, -0.2) is 42.9 Å². The molecule has 2 atom stereocenters. The second-order valence-corrected chi connectivity index (χ2v) is 9.52. The third-order valence-electron chi connectivity index (χ3n) is 4.58. The van der Waals surface area contributed by atoms with Crippen molar-refractivity contribution in [2.24, 2.45) is 11.3 Å². The Kier molecular flexibility index (Phi) is 5.22. The summed E-state index contributed by atoms with van der Waals surface area (Å²) < 4.78 is 38.0. The predicted octanol–water partition coefficient (Wildman–Crippen LogP) is 3.40. The zero-order valence-electron chi connectivity index (χ0n) is 14.2. The highest BCUT2D eigenvalue weighted by Crippen LogP contribution is 2.35. The first-order valence-corrected chi connectivity index (χ1v) is 9.64. The van der Waals surface area contributed by atoms with Gasteiger partial charge in [-0.3, -0.25) is 0 Å². The third-order valence-corrected chi connectivity index (χ3v) is 6.48. The van der Waals surface area contributed by atoms with Gasteiger partial charge in [0.05, 0.1) is 10.6 Å². The smallest absolute Gasteiger partial charge is 0.407 e. The first kappa shape index (κ1) is 18.7. The molecule has 134 valence electrons. The number of benzene rings is 1. The maximum Gasteiger partial charge on any atom is 0.407 e. The Morgan fingerprint density at radius 2 is 1.88 bits per heavy atom. The average molecular weight is 357 g/mol. The molecule has 2 unspecified atom stereocenters. The van der Waals surface area contributed by atoms with Gasteiger partial charge in [0, 0.05) is 12.6 Å². The molecule has 7 heteroatoms. The minimum absolute atomic E-state index is 0.0430. The molecule has 0 spiro atoms. The number of nitrogens with zero attached hydrogens (tertiary/aromatic N) is 1. The second kappa shape index (κ2) is 6.70. The van der Waals surface area contributed by atoms with Crippen LogP contribution in [0, 0.1) is 17.2 Å². The number of halogens is 1. The number of likely N-dealkylation sites (tertiary alicyclic amines) is 1. The van der Waals surface area contributed by atoms with Gasteiger partial charge < -0.3 is 10.0 Å². The molecular weight excluding hydrogens is 333 g/mol. The molecule has 0 bridgehead atoms. The summed E-state index contributed by atoms with van der Waals surface area (Å²) in [7, 11) is -3.52. The minimum atomic E-state index is -3.52. The molecule has 1 N–H and O–H groups in total. The number of carbonyl (C=O) groups is 1. The molecular formula is C17H24FNO4S. The van der Waals surface area contributed by atoms with Crippen LogP contribution in [0.4, 0.5) is 9.18 Å². The van der Waals surface area contributed by atoms with Gasteiger partial charge in [-0.25, -0.2) is 17.6 Å². The monoisotopic (exact) mass is 357 g/mol. The number of rotatable bonds is 3. The Balaban J connectivity index is 2.16. The summed E-state index contributed by atoms with van der Waals surface area (Å²) in [5.74, 6) is -0.630. The highest BCUT2D eigenvalue weighted by molar-refractivity contribution is 7.91. The van der Waals surface area contributed by atoms with Crippen LogP contribution in [0.2, 0.25) is 0 Å². The lowest BCUT2D eigenvalue weighted by Gasteiger charge is -2.44. The van der Waals surface area contributed by atoms with Gasteiger partial charge in [-0.15, -0.1) is 0 Å². The summed E-state index contributed by atoms with van der Waals surface area (Å²) in [6.45, 7) is 6.22. The average Bonchev–Trinajstić information content (AvgIpc) is 2.46. The quantitative estimate of drug-likeness (QED) is 0.841. The molecule has 1 aromatic carbocycles. The van der Waals surface area contributed by atoms with Crippen LogP contribution >= 0.6 is 0 Å². The molecule has 0 saturated carbocycles. The highest BCUT2D eigenvalue weighted by Gasteiger charge is 2.39. The van der Waals surface area contributed by atoms with Crippen molar-refractivity contribution >= 4 is 15.9 Å². The molecule has 2 rings (SSSR count). The highest BCUT2D eigenvalue weighted by atomic mass is 32.2. The lowest BCUT2D eigenvalue weighted by atomic mass is 9.77. The molecule has 1 fully saturated rings. The van der Waals surface area contributed by atoms with Gasteiger partial charge in [-0.05, 0) is 48.4 Å². The minimum Gasteiger partial charge on any atom is -0.465 e. The SMILES string of the molecule is CC(C)(C)C1CC(CS(=O)(=O)c2ccc(F)cc2)CCN1C(=O)O. The van der Waals surface area contributed by atoms with E-state index in [0.717, 1.165) is 12.1 Å². The summed E-state index contributed by atoms with van der Waals surface area (Å²) in [5.41, 5.74) is -0.267. The molecule has 1 saturated heterocycles. The topological polar surface area (TPSA) is 74.7 Å². The first-order valence-electron chi connectivity index (χ1n) is 7.98. The Morgan fingerprint density at radius 1 is 1.29 bits per heavy atom. The van der Waals surface area contributed by atoms with Crippen LogP contribution in [-0.2, 0) is 9.84 Å². The summed E-state index contributed by atoms with van der Waals surface area (Å²) >= 11 is 0. The molecule has 0 aliphatic carbocycles. The van der Waals surface area contributed by atoms with Gasteiger partial charge in [0.2, 0.25) is 0 Å². The van der Waals surface area contributed by atoms with Crippen molar-refractivity contribution in [1.82, 2.24) is 4.90 Å². The largest absolute Gasteiger partial charge is 0.465 e. The van der Waals surface area contributed by atoms with E-state index in [9.17, 15) is 22.7 Å². The molecule has 24 heavy (non-hydrogen) atoms. The normalized spacial score (nSPS) is 22.4. The predicted molar refractivity (Wildman–Crippen MR) is 89.2 cm³/mol. The Labute approximate surface area is 142 Å². The second-order valence-electron chi connectivity index (χ2n) is 7.48. The van der Waals surface area contributed by atoms with Crippen molar-refractivity contribution in [3.05, 3.63) is 30.1 Å². The van der Waals surface area contributed by atoms with E-state index in [1.54, 1.807) is 0 Å². The van der Waals surface area contributed by atoms with Crippen LogP contribution < -0.4 is 0 Å². The van der Waals surface area contributed by atoms with Crippen LogP contribution in [0.3, 0.4) is 0 Å². The van der Waals surface area contributed by atoms with E-state index in [1.807, 2.05) is 20.8 Å². The van der Waals surface area contributed by atoms with E-state index >= 15 is 0 Å². The molecule has 5 nitrogen and oxygen atoms in total.